The van der Waals surface area contributed by atoms with E-state index in [0.717, 1.165) is 24.4 Å². The summed E-state index contributed by atoms with van der Waals surface area (Å²) in [6, 6.07) is -0.842. The largest absolute Gasteiger partial charge is 0.335 e. The molecule has 3 aliphatic carbocycles. The number of urea groups is 1. The molecule has 0 bridgehead atoms. The Morgan fingerprint density at radius 3 is 2.29 bits per heavy atom. The molecule has 0 aromatic carbocycles. The van der Waals surface area contributed by atoms with Crippen molar-refractivity contribution in [3.8, 4) is 0 Å². The van der Waals surface area contributed by atoms with Gasteiger partial charge in [0, 0.05) is 37.4 Å². The van der Waals surface area contributed by atoms with Crippen LogP contribution in [0, 0.1) is 0 Å². The van der Waals surface area contributed by atoms with Gasteiger partial charge in [-0.3, -0.25) is 10.00 Å². The van der Waals surface area contributed by atoms with Crippen molar-refractivity contribution >= 4 is 11.8 Å². The third-order valence-corrected chi connectivity index (χ3v) is 5.77. The lowest BCUT2D eigenvalue weighted by Gasteiger charge is -2.35. The number of alkyl halides is 2. The van der Waals surface area contributed by atoms with Crippen LogP contribution in [0.2, 0.25) is 0 Å². The number of aromatic nitrogens is 2. The fraction of sp³-hybridized carbons (Fsp3) is 0.765. The number of carbonyl (C=O) groups excluding carboxylic acids is 1. The summed E-state index contributed by atoms with van der Waals surface area (Å²) in [7, 11) is 1.84. The first-order valence-corrected chi connectivity index (χ1v) is 8.95. The SMILES string of the molecule is Cn1nc(C2CCC2)c(C2CCC2)c1NC(=O)NC1CC(F)(F)C1. The maximum Gasteiger partial charge on any atom is 0.320 e. The molecule has 3 fully saturated rings. The normalized spacial score (nSPS) is 24.0. The van der Waals surface area contributed by atoms with E-state index >= 15 is 0 Å². The fourth-order valence-corrected chi connectivity index (χ4v) is 3.88. The molecule has 3 saturated carbocycles. The van der Waals surface area contributed by atoms with Gasteiger partial charge in [-0.2, -0.15) is 5.10 Å². The molecule has 132 valence electrons. The van der Waals surface area contributed by atoms with Crippen LogP contribution >= 0.6 is 0 Å². The Hall–Kier alpha value is -1.66. The van der Waals surface area contributed by atoms with Crippen molar-refractivity contribution < 1.29 is 13.6 Å². The summed E-state index contributed by atoms with van der Waals surface area (Å²) in [6.07, 6.45) is 6.52. The molecule has 0 unspecified atom stereocenters. The van der Waals surface area contributed by atoms with E-state index in [4.69, 9.17) is 0 Å². The van der Waals surface area contributed by atoms with E-state index in [1.165, 1.54) is 31.2 Å². The van der Waals surface area contributed by atoms with Crippen molar-refractivity contribution in [2.75, 3.05) is 5.32 Å². The predicted molar refractivity (Wildman–Crippen MR) is 86.5 cm³/mol. The zero-order valence-corrected chi connectivity index (χ0v) is 13.9. The Morgan fingerprint density at radius 1 is 1.17 bits per heavy atom. The summed E-state index contributed by atoms with van der Waals surface area (Å²) >= 11 is 0. The number of nitrogens with zero attached hydrogens (tertiary/aromatic N) is 2. The fourth-order valence-electron chi connectivity index (χ4n) is 3.88. The summed E-state index contributed by atoms with van der Waals surface area (Å²) in [5, 5.41) is 10.2. The summed E-state index contributed by atoms with van der Waals surface area (Å²) in [5.74, 6) is -0.905. The van der Waals surface area contributed by atoms with Gasteiger partial charge in [-0.1, -0.05) is 12.8 Å². The Morgan fingerprint density at radius 2 is 1.79 bits per heavy atom. The number of nitrogens with one attached hydrogen (secondary N) is 2. The molecule has 24 heavy (non-hydrogen) atoms. The second-order valence-corrected chi connectivity index (χ2v) is 7.59. The van der Waals surface area contributed by atoms with Crippen LogP contribution in [0.15, 0.2) is 0 Å². The van der Waals surface area contributed by atoms with Gasteiger partial charge in [-0.25, -0.2) is 13.6 Å². The smallest absolute Gasteiger partial charge is 0.320 e. The predicted octanol–water partition coefficient (Wildman–Crippen LogP) is 3.87. The second kappa shape index (κ2) is 5.70. The molecule has 1 heterocycles. The van der Waals surface area contributed by atoms with Gasteiger partial charge in [0.05, 0.1) is 5.69 Å². The van der Waals surface area contributed by atoms with Gasteiger partial charge in [0.25, 0.3) is 5.92 Å². The topological polar surface area (TPSA) is 59.0 Å². The zero-order chi connectivity index (χ0) is 16.9. The minimum Gasteiger partial charge on any atom is -0.335 e. The summed E-state index contributed by atoms with van der Waals surface area (Å²) in [4.78, 5) is 12.2. The standard InChI is InChI=1S/C17H24F2N4O/c1-23-15(21-16(24)20-12-8-17(18,19)9-12)13(10-4-2-5-10)14(22-23)11-6-3-7-11/h10-12H,2-9H2,1H3,(H2,20,21,24). The van der Waals surface area contributed by atoms with Crippen molar-refractivity contribution in [3.63, 3.8) is 0 Å². The molecule has 1 aromatic heterocycles. The molecule has 3 aliphatic rings. The molecular formula is C17H24F2N4O. The molecule has 1 aromatic rings. The summed E-state index contributed by atoms with van der Waals surface area (Å²) in [5.41, 5.74) is 2.32. The monoisotopic (exact) mass is 338 g/mol. The molecule has 7 heteroatoms. The molecule has 0 radical (unpaired) electrons. The molecule has 2 N–H and O–H groups in total. The van der Waals surface area contributed by atoms with Gasteiger partial charge >= 0.3 is 6.03 Å². The van der Waals surface area contributed by atoms with E-state index in [2.05, 4.69) is 15.7 Å². The van der Waals surface area contributed by atoms with E-state index < -0.39 is 18.0 Å². The maximum atomic E-state index is 12.9. The van der Waals surface area contributed by atoms with Gasteiger partial charge in [0.15, 0.2) is 0 Å². The number of amides is 2. The van der Waals surface area contributed by atoms with E-state index in [1.807, 2.05) is 7.05 Å². The molecule has 4 rings (SSSR count). The quantitative estimate of drug-likeness (QED) is 0.875. The van der Waals surface area contributed by atoms with Crippen LogP contribution in [0.25, 0.3) is 0 Å². The van der Waals surface area contributed by atoms with Crippen LogP contribution in [0.1, 0.15) is 74.5 Å². The van der Waals surface area contributed by atoms with Crippen LogP contribution < -0.4 is 10.6 Å². The van der Waals surface area contributed by atoms with Crippen molar-refractivity contribution in [2.45, 2.75) is 75.2 Å². The number of halogens is 2. The minimum absolute atomic E-state index is 0.269. The molecule has 0 spiro atoms. The number of carbonyl (C=O) groups is 1. The van der Waals surface area contributed by atoms with E-state index in [9.17, 15) is 13.6 Å². The maximum absolute atomic E-state index is 12.9. The van der Waals surface area contributed by atoms with Crippen molar-refractivity contribution in [1.82, 2.24) is 15.1 Å². The Labute approximate surface area is 140 Å². The second-order valence-electron chi connectivity index (χ2n) is 7.59. The van der Waals surface area contributed by atoms with Crippen molar-refractivity contribution in [2.24, 2.45) is 7.05 Å². The molecule has 0 saturated heterocycles. The highest BCUT2D eigenvalue weighted by molar-refractivity contribution is 5.89. The van der Waals surface area contributed by atoms with E-state index in [-0.39, 0.29) is 12.8 Å². The van der Waals surface area contributed by atoms with Crippen molar-refractivity contribution in [3.05, 3.63) is 11.3 Å². The number of rotatable bonds is 4. The number of anilines is 1. The third kappa shape index (κ3) is 2.78. The number of hydrogen-bond acceptors (Lipinski definition) is 2. The van der Waals surface area contributed by atoms with Gasteiger partial charge in [0.1, 0.15) is 5.82 Å². The van der Waals surface area contributed by atoms with Crippen LogP contribution in [0.5, 0.6) is 0 Å². The van der Waals surface area contributed by atoms with Crippen LogP contribution in [-0.4, -0.2) is 27.8 Å². The average molecular weight is 338 g/mol. The average Bonchev–Trinajstić information content (AvgIpc) is 2.61. The third-order valence-electron chi connectivity index (χ3n) is 5.77. The van der Waals surface area contributed by atoms with Crippen LogP contribution in [-0.2, 0) is 7.05 Å². The highest BCUT2D eigenvalue weighted by Gasteiger charge is 2.46. The lowest BCUT2D eigenvalue weighted by Crippen LogP contribution is -2.51. The lowest BCUT2D eigenvalue weighted by molar-refractivity contribution is -0.0893. The van der Waals surface area contributed by atoms with Gasteiger partial charge < -0.3 is 5.32 Å². The molecule has 0 aliphatic heterocycles. The Kier molecular flexibility index (Phi) is 3.77. The molecular weight excluding hydrogens is 314 g/mol. The summed E-state index contributed by atoms with van der Waals surface area (Å²) in [6.45, 7) is 0. The highest BCUT2D eigenvalue weighted by atomic mass is 19.3. The van der Waals surface area contributed by atoms with Crippen LogP contribution in [0.4, 0.5) is 19.4 Å². The van der Waals surface area contributed by atoms with Crippen LogP contribution in [0.3, 0.4) is 0 Å². The first-order valence-electron chi connectivity index (χ1n) is 8.95. The zero-order valence-electron chi connectivity index (χ0n) is 13.9. The lowest BCUT2D eigenvalue weighted by atomic mass is 9.74. The molecule has 5 nitrogen and oxygen atoms in total. The molecule has 2 amide bonds. The Balaban J connectivity index is 1.49. The van der Waals surface area contributed by atoms with Gasteiger partial charge in [-0.15, -0.1) is 0 Å². The number of hydrogen-bond donors (Lipinski definition) is 2. The summed E-state index contributed by atoms with van der Waals surface area (Å²) < 4.78 is 27.6. The number of aryl methyl sites for hydroxylation is 1. The minimum atomic E-state index is -2.63. The van der Waals surface area contributed by atoms with Crippen molar-refractivity contribution in [1.29, 1.82) is 0 Å². The van der Waals surface area contributed by atoms with E-state index in [0.29, 0.717) is 11.8 Å². The highest BCUT2D eigenvalue weighted by Crippen LogP contribution is 2.47. The van der Waals surface area contributed by atoms with Gasteiger partial charge in [0.2, 0.25) is 0 Å². The Bertz CT molecular complexity index is 641. The molecule has 0 atom stereocenters. The first-order chi connectivity index (χ1) is 11.4. The van der Waals surface area contributed by atoms with Gasteiger partial charge in [-0.05, 0) is 31.6 Å². The first kappa shape index (κ1) is 15.8. The van der Waals surface area contributed by atoms with E-state index in [1.54, 1.807) is 4.68 Å².